The van der Waals surface area contributed by atoms with Crippen molar-refractivity contribution in [2.24, 2.45) is 0 Å². The SMILES string of the molecule is CC1(NC(=O)CCc2c[nH]c3ccccc23)CC1. The van der Waals surface area contributed by atoms with Gasteiger partial charge in [0.05, 0.1) is 0 Å². The van der Waals surface area contributed by atoms with E-state index in [1.165, 1.54) is 10.9 Å². The van der Waals surface area contributed by atoms with Crippen LogP contribution in [0.2, 0.25) is 0 Å². The van der Waals surface area contributed by atoms with Crippen LogP contribution in [0.25, 0.3) is 10.9 Å². The summed E-state index contributed by atoms with van der Waals surface area (Å²) in [5.41, 5.74) is 2.46. The molecule has 3 rings (SSSR count). The lowest BCUT2D eigenvalue weighted by Crippen LogP contribution is -2.34. The number of amides is 1. The van der Waals surface area contributed by atoms with Crippen LogP contribution in [0.1, 0.15) is 31.7 Å². The summed E-state index contributed by atoms with van der Waals surface area (Å²) in [5.74, 6) is 0.167. The molecule has 1 aliphatic carbocycles. The number of aryl methyl sites for hydroxylation is 1. The highest BCUT2D eigenvalue weighted by atomic mass is 16.1. The van der Waals surface area contributed by atoms with Crippen molar-refractivity contribution in [2.75, 3.05) is 0 Å². The number of carbonyl (C=O) groups excluding carboxylic acids is 1. The van der Waals surface area contributed by atoms with Crippen molar-refractivity contribution < 1.29 is 4.79 Å². The topological polar surface area (TPSA) is 44.9 Å². The molecule has 2 aromatic rings. The number of hydrogen-bond donors (Lipinski definition) is 2. The van der Waals surface area contributed by atoms with E-state index < -0.39 is 0 Å². The minimum absolute atomic E-state index is 0.0945. The third kappa shape index (κ3) is 2.26. The molecular formula is C15H18N2O. The maximum atomic E-state index is 11.8. The van der Waals surface area contributed by atoms with Gasteiger partial charge in [0.25, 0.3) is 0 Å². The second kappa shape index (κ2) is 4.16. The molecule has 1 aliphatic rings. The zero-order valence-corrected chi connectivity index (χ0v) is 10.6. The highest BCUT2D eigenvalue weighted by Crippen LogP contribution is 2.34. The Kier molecular flexibility index (Phi) is 2.62. The summed E-state index contributed by atoms with van der Waals surface area (Å²) >= 11 is 0. The summed E-state index contributed by atoms with van der Waals surface area (Å²) in [7, 11) is 0. The van der Waals surface area contributed by atoms with E-state index in [2.05, 4.69) is 29.4 Å². The van der Waals surface area contributed by atoms with E-state index in [4.69, 9.17) is 0 Å². The van der Waals surface area contributed by atoms with E-state index in [1.807, 2.05) is 18.3 Å². The molecule has 0 spiro atoms. The van der Waals surface area contributed by atoms with Crippen LogP contribution in [0.4, 0.5) is 0 Å². The third-order valence-corrected chi connectivity index (χ3v) is 3.74. The maximum Gasteiger partial charge on any atom is 0.220 e. The summed E-state index contributed by atoms with van der Waals surface area (Å²) in [4.78, 5) is 15.0. The van der Waals surface area contributed by atoms with Gasteiger partial charge < -0.3 is 10.3 Å². The van der Waals surface area contributed by atoms with Gasteiger partial charge in [0.1, 0.15) is 0 Å². The summed E-state index contributed by atoms with van der Waals surface area (Å²) in [5, 5.41) is 4.32. The third-order valence-electron chi connectivity index (χ3n) is 3.74. The number of para-hydroxylation sites is 1. The van der Waals surface area contributed by atoms with Crippen LogP contribution >= 0.6 is 0 Å². The lowest BCUT2D eigenvalue weighted by atomic mass is 10.1. The van der Waals surface area contributed by atoms with Crippen LogP contribution < -0.4 is 5.32 Å². The Balaban J connectivity index is 1.64. The molecule has 1 fully saturated rings. The van der Waals surface area contributed by atoms with Crippen molar-refractivity contribution in [3.05, 3.63) is 36.0 Å². The van der Waals surface area contributed by atoms with Gasteiger partial charge in [-0.25, -0.2) is 0 Å². The number of aromatic nitrogens is 1. The van der Waals surface area contributed by atoms with E-state index in [0.29, 0.717) is 6.42 Å². The first kappa shape index (κ1) is 11.3. The first-order valence-electron chi connectivity index (χ1n) is 6.52. The summed E-state index contributed by atoms with van der Waals surface area (Å²) < 4.78 is 0. The number of nitrogens with one attached hydrogen (secondary N) is 2. The quantitative estimate of drug-likeness (QED) is 0.850. The van der Waals surface area contributed by atoms with Crippen LogP contribution in [-0.4, -0.2) is 16.4 Å². The zero-order valence-electron chi connectivity index (χ0n) is 10.6. The second-order valence-corrected chi connectivity index (χ2v) is 5.47. The minimum Gasteiger partial charge on any atom is -0.361 e. The molecule has 1 aromatic carbocycles. The molecule has 3 heteroatoms. The molecule has 0 bridgehead atoms. The van der Waals surface area contributed by atoms with Crippen LogP contribution in [0.5, 0.6) is 0 Å². The van der Waals surface area contributed by atoms with Crippen molar-refractivity contribution in [1.29, 1.82) is 0 Å². The van der Waals surface area contributed by atoms with Crippen molar-refractivity contribution in [1.82, 2.24) is 10.3 Å². The predicted molar refractivity (Wildman–Crippen MR) is 72.4 cm³/mol. The first-order valence-corrected chi connectivity index (χ1v) is 6.52. The fourth-order valence-corrected chi connectivity index (χ4v) is 2.30. The van der Waals surface area contributed by atoms with Gasteiger partial charge in [-0.05, 0) is 37.8 Å². The molecule has 1 aromatic heterocycles. The lowest BCUT2D eigenvalue weighted by Gasteiger charge is -2.10. The standard InChI is InChI=1S/C15H18N2O/c1-15(8-9-15)17-14(18)7-6-11-10-16-13-5-3-2-4-12(11)13/h2-5,10,16H,6-9H2,1H3,(H,17,18). The summed E-state index contributed by atoms with van der Waals surface area (Å²) in [6, 6.07) is 8.21. The van der Waals surface area contributed by atoms with Gasteiger partial charge in [-0.2, -0.15) is 0 Å². The number of benzene rings is 1. The summed E-state index contributed by atoms with van der Waals surface area (Å²) in [6.45, 7) is 2.11. The van der Waals surface area contributed by atoms with E-state index in [9.17, 15) is 4.79 Å². The van der Waals surface area contributed by atoms with Crippen LogP contribution in [0.15, 0.2) is 30.5 Å². The lowest BCUT2D eigenvalue weighted by molar-refractivity contribution is -0.121. The van der Waals surface area contributed by atoms with Crippen LogP contribution in [0.3, 0.4) is 0 Å². The van der Waals surface area contributed by atoms with Crippen molar-refractivity contribution in [2.45, 2.75) is 38.1 Å². The number of hydrogen-bond acceptors (Lipinski definition) is 1. The fraction of sp³-hybridized carbons (Fsp3) is 0.400. The normalized spacial score (nSPS) is 16.7. The van der Waals surface area contributed by atoms with Crippen molar-refractivity contribution in [3.8, 4) is 0 Å². The molecule has 0 unspecified atom stereocenters. The highest BCUT2D eigenvalue weighted by Gasteiger charge is 2.38. The molecule has 0 saturated heterocycles. The molecule has 0 aliphatic heterocycles. The monoisotopic (exact) mass is 242 g/mol. The first-order chi connectivity index (χ1) is 8.66. The molecule has 0 radical (unpaired) electrons. The Bertz CT molecular complexity index is 581. The van der Waals surface area contributed by atoms with Gasteiger partial charge in [-0.1, -0.05) is 18.2 Å². The molecule has 0 atom stereocenters. The molecule has 1 saturated carbocycles. The fourth-order valence-electron chi connectivity index (χ4n) is 2.30. The Morgan fingerprint density at radius 1 is 1.39 bits per heavy atom. The van der Waals surface area contributed by atoms with E-state index in [1.54, 1.807) is 0 Å². The van der Waals surface area contributed by atoms with Gasteiger partial charge in [-0.15, -0.1) is 0 Å². The van der Waals surface area contributed by atoms with Gasteiger partial charge >= 0.3 is 0 Å². The molecule has 1 heterocycles. The number of H-pyrrole nitrogens is 1. The van der Waals surface area contributed by atoms with Crippen LogP contribution in [-0.2, 0) is 11.2 Å². The van der Waals surface area contributed by atoms with Gasteiger partial charge in [0.15, 0.2) is 0 Å². The van der Waals surface area contributed by atoms with Gasteiger partial charge in [0.2, 0.25) is 5.91 Å². The molecule has 3 nitrogen and oxygen atoms in total. The van der Waals surface area contributed by atoms with Crippen molar-refractivity contribution in [3.63, 3.8) is 0 Å². The maximum absolute atomic E-state index is 11.8. The Labute approximate surface area is 107 Å². The second-order valence-electron chi connectivity index (χ2n) is 5.47. The van der Waals surface area contributed by atoms with E-state index in [0.717, 1.165) is 24.8 Å². The smallest absolute Gasteiger partial charge is 0.220 e. The molecule has 94 valence electrons. The highest BCUT2D eigenvalue weighted by molar-refractivity contribution is 5.84. The largest absolute Gasteiger partial charge is 0.361 e. The zero-order chi connectivity index (χ0) is 12.6. The number of carbonyl (C=O) groups is 1. The summed E-state index contributed by atoms with van der Waals surface area (Å²) in [6.07, 6.45) is 5.61. The van der Waals surface area contributed by atoms with Gasteiger partial charge in [0, 0.05) is 29.1 Å². The predicted octanol–water partition coefficient (Wildman–Crippen LogP) is 2.77. The molecule has 1 amide bonds. The van der Waals surface area contributed by atoms with E-state index in [-0.39, 0.29) is 11.4 Å². The Hall–Kier alpha value is -1.77. The molecule has 2 N–H and O–H groups in total. The average Bonchev–Trinajstić information content (AvgIpc) is 2.93. The molecular weight excluding hydrogens is 224 g/mol. The van der Waals surface area contributed by atoms with Crippen molar-refractivity contribution >= 4 is 16.8 Å². The average molecular weight is 242 g/mol. The number of rotatable bonds is 4. The Morgan fingerprint density at radius 3 is 2.94 bits per heavy atom. The minimum atomic E-state index is 0.0945. The number of fused-ring (bicyclic) bond motifs is 1. The molecule has 18 heavy (non-hydrogen) atoms. The van der Waals surface area contributed by atoms with Gasteiger partial charge in [-0.3, -0.25) is 4.79 Å². The number of aromatic amines is 1. The van der Waals surface area contributed by atoms with E-state index >= 15 is 0 Å². The Morgan fingerprint density at radius 2 is 2.17 bits per heavy atom. The van der Waals surface area contributed by atoms with Crippen LogP contribution in [0, 0.1) is 0 Å².